The molecule has 0 N–H and O–H groups in total. The molecule has 2 saturated heterocycles. The maximum atomic E-state index is 7.20. The summed E-state index contributed by atoms with van der Waals surface area (Å²) in [5.74, 6) is 1.86. The van der Waals surface area contributed by atoms with Crippen LogP contribution in [0.4, 0.5) is 0 Å². The van der Waals surface area contributed by atoms with E-state index < -0.39 is 0 Å². The minimum Gasteiger partial charge on any atom is -0.365 e. The third kappa shape index (κ3) is 3.86. The highest BCUT2D eigenvalue weighted by atomic mass is 16.5. The zero-order valence-corrected chi connectivity index (χ0v) is 22.2. The maximum Gasteiger partial charge on any atom is 0.0870 e. The molecule has 0 radical (unpaired) electrons. The topological polar surface area (TPSA) is 18.5 Å². The molecule has 7 atom stereocenters. The molecular weight excluding hydrogens is 392 g/mol. The van der Waals surface area contributed by atoms with E-state index in [0.29, 0.717) is 23.2 Å². The van der Waals surface area contributed by atoms with E-state index in [0.717, 1.165) is 25.7 Å². The van der Waals surface area contributed by atoms with Gasteiger partial charge in [0.15, 0.2) is 0 Å². The van der Waals surface area contributed by atoms with Crippen LogP contribution in [0, 0.1) is 28.6 Å². The lowest BCUT2D eigenvalue weighted by atomic mass is 9.52. The van der Waals surface area contributed by atoms with E-state index in [1.165, 1.54) is 38.5 Å². The van der Waals surface area contributed by atoms with Gasteiger partial charge in [-0.2, -0.15) is 0 Å². The summed E-state index contributed by atoms with van der Waals surface area (Å²) in [5, 5.41) is 0. The molecule has 2 heteroatoms. The van der Waals surface area contributed by atoms with Crippen LogP contribution in [0.1, 0.15) is 113 Å². The first kappa shape index (κ1) is 24.5. The van der Waals surface area contributed by atoms with Crippen molar-refractivity contribution in [3.8, 4) is 0 Å². The number of hydrogen-bond donors (Lipinski definition) is 0. The van der Waals surface area contributed by atoms with E-state index in [1.807, 2.05) is 6.08 Å². The van der Waals surface area contributed by atoms with E-state index in [9.17, 15) is 0 Å². The molecule has 32 heavy (non-hydrogen) atoms. The number of ether oxygens (including phenoxy) is 2. The summed E-state index contributed by atoms with van der Waals surface area (Å²) >= 11 is 0. The zero-order valence-electron chi connectivity index (χ0n) is 22.2. The Balaban J connectivity index is 1.55. The quantitative estimate of drug-likeness (QED) is 0.408. The van der Waals surface area contributed by atoms with E-state index >= 15 is 0 Å². The predicted molar refractivity (Wildman–Crippen MR) is 135 cm³/mol. The van der Waals surface area contributed by atoms with Crippen molar-refractivity contribution in [2.24, 2.45) is 28.6 Å². The molecule has 1 unspecified atom stereocenters. The highest BCUT2D eigenvalue weighted by molar-refractivity contribution is 5.13. The minimum atomic E-state index is -0.181. The fraction of sp³-hybridized carbons (Fsp3) is 0.867. The highest BCUT2D eigenvalue weighted by Crippen LogP contribution is 2.61. The van der Waals surface area contributed by atoms with Crippen LogP contribution in [-0.4, -0.2) is 22.4 Å². The third-order valence-electron chi connectivity index (χ3n) is 10.9. The van der Waals surface area contributed by atoms with Gasteiger partial charge in [0.2, 0.25) is 0 Å². The number of fused-ring (bicyclic) bond motifs is 2. The molecule has 0 aromatic rings. The lowest BCUT2D eigenvalue weighted by Crippen LogP contribution is -2.61. The van der Waals surface area contributed by atoms with Crippen molar-refractivity contribution in [2.45, 2.75) is 135 Å². The van der Waals surface area contributed by atoms with Gasteiger partial charge in [-0.25, -0.2) is 0 Å². The molecule has 2 saturated carbocycles. The van der Waals surface area contributed by atoms with Crippen LogP contribution in [0.2, 0.25) is 0 Å². The molecule has 0 aromatic carbocycles. The Morgan fingerprint density at radius 2 is 1.38 bits per heavy atom. The summed E-state index contributed by atoms with van der Waals surface area (Å²) in [7, 11) is 0. The normalized spacial score (nSPS) is 50.0. The molecule has 2 heterocycles. The first-order chi connectivity index (χ1) is 14.7. The van der Waals surface area contributed by atoms with Crippen LogP contribution in [0.5, 0.6) is 0 Å². The Morgan fingerprint density at radius 1 is 0.719 bits per heavy atom. The molecule has 4 fully saturated rings. The van der Waals surface area contributed by atoms with E-state index in [1.54, 1.807) is 0 Å². The second-order valence-corrected chi connectivity index (χ2v) is 13.9. The SMILES string of the molecule is C=C[C@@]1(CC2CC[C@]3(C)O[C@](C)(C=C)CC[C@H]3C2(C)C)CC[C@H]2C(C)(C)CCC[C@]2(C)O1. The first-order valence-electron chi connectivity index (χ1n) is 13.4. The van der Waals surface area contributed by atoms with E-state index in [2.05, 4.69) is 67.7 Å². The summed E-state index contributed by atoms with van der Waals surface area (Å²) in [4.78, 5) is 0. The van der Waals surface area contributed by atoms with Gasteiger partial charge in [-0.05, 0) is 107 Å². The van der Waals surface area contributed by atoms with Crippen LogP contribution >= 0.6 is 0 Å². The predicted octanol–water partition coefficient (Wildman–Crippen LogP) is 8.26. The number of hydrogen-bond acceptors (Lipinski definition) is 2. The summed E-state index contributed by atoms with van der Waals surface area (Å²) < 4.78 is 14.0. The maximum absolute atomic E-state index is 7.20. The Labute approximate surface area is 198 Å². The van der Waals surface area contributed by atoms with E-state index in [4.69, 9.17) is 9.47 Å². The molecule has 4 aliphatic rings. The molecule has 182 valence electrons. The molecular formula is C30H50O2. The Kier molecular flexibility index (Phi) is 5.90. The molecule has 0 aromatic heterocycles. The van der Waals surface area contributed by atoms with Crippen LogP contribution < -0.4 is 0 Å². The van der Waals surface area contributed by atoms with Crippen molar-refractivity contribution < 1.29 is 9.47 Å². The number of rotatable bonds is 4. The Bertz CT molecular complexity index is 752. The van der Waals surface area contributed by atoms with Crippen LogP contribution in [0.25, 0.3) is 0 Å². The van der Waals surface area contributed by atoms with Gasteiger partial charge in [0.25, 0.3) is 0 Å². The fourth-order valence-corrected chi connectivity index (χ4v) is 8.98. The van der Waals surface area contributed by atoms with Gasteiger partial charge in [0, 0.05) is 0 Å². The summed E-state index contributed by atoms with van der Waals surface area (Å²) in [6, 6.07) is 0. The smallest absolute Gasteiger partial charge is 0.0870 e. The van der Waals surface area contributed by atoms with Gasteiger partial charge >= 0.3 is 0 Å². The van der Waals surface area contributed by atoms with Crippen LogP contribution in [-0.2, 0) is 9.47 Å². The van der Waals surface area contributed by atoms with Gasteiger partial charge in [0.05, 0.1) is 22.4 Å². The van der Waals surface area contributed by atoms with Gasteiger partial charge in [-0.3, -0.25) is 0 Å². The zero-order chi connectivity index (χ0) is 23.6. The highest BCUT2D eigenvalue weighted by Gasteiger charge is 2.59. The van der Waals surface area contributed by atoms with Gasteiger partial charge < -0.3 is 9.47 Å². The standard InChI is InChI=1S/C30H50O2/c1-10-27(7)18-14-24-26(5,6)22(13-19-29(24,9)31-27)21-30(11-2)20-15-23-25(3,4)16-12-17-28(23,8)32-30/h10-11,22-24H,1-2,12-21H2,3-9H3/t22?,23-,24-,27+,28-,29-,30-/m0/s1. The first-order valence-corrected chi connectivity index (χ1v) is 13.4. The van der Waals surface area contributed by atoms with Crippen molar-refractivity contribution in [3.05, 3.63) is 25.3 Å². The average Bonchev–Trinajstić information content (AvgIpc) is 2.69. The third-order valence-corrected chi connectivity index (χ3v) is 10.9. The Hall–Kier alpha value is -0.600. The summed E-state index contributed by atoms with van der Waals surface area (Å²) in [6.45, 7) is 25.3. The van der Waals surface area contributed by atoms with E-state index in [-0.39, 0.29) is 27.8 Å². The second kappa shape index (κ2) is 7.70. The molecule has 2 aliphatic carbocycles. The molecule has 0 bridgehead atoms. The van der Waals surface area contributed by atoms with Crippen LogP contribution in [0.3, 0.4) is 0 Å². The minimum absolute atomic E-state index is 0.0127. The second-order valence-electron chi connectivity index (χ2n) is 13.9. The van der Waals surface area contributed by atoms with Crippen LogP contribution in [0.15, 0.2) is 25.3 Å². The van der Waals surface area contributed by atoms with Crippen molar-refractivity contribution in [1.82, 2.24) is 0 Å². The fourth-order valence-electron chi connectivity index (χ4n) is 8.98. The van der Waals surface area contributed by atoms with Gasteiger partial charge in [0.1, 0.15) is 0 Å². The van der Waals surface area contributed by atoms with Gasteiger partial charge in [-0.15, -0.1) is 13.2 Å². The summed E-state index contributed by atoms with van der Waals surface area (Å²) in [5.41, 5.74) is 0.170. The molecule has 2 nitrogen and oxygen atoms in total. The lowest BCUT2D eigenvalue weighted by molar-refractivity contribution is -0.254. The molecule has 2 aliphatic heterocycles. The van der Waals surface area contributed by atoms with Gasteiger partial charge in [-0.1, -0.05) is 46.3 Å². The van der Waals surface area contributed by atoms with Crippen molar-refractivity contribution in [1.29, 1.82) is 0 Å². The van der Waals surface area contributed by atoms with Crippen molar-refractivity contribution in [3.63, 3.8) is 0 Å². The largest absolute Gasteiger partial charge is 0.365 e. The van der Waals surface area contributed by atoms with Crippen molar-refractivity contribution in [2.75, 3.05) is 0 Å². The molecule has 0 spiro atoms. The molecule has 0 amide bonds. The monoisotopic (exact) mass is 442 g/mol. The lowest BCUT2D eigenvalue weighted by Gasteiger charge is -2.62. The summed E-state index contributed by atoms with van der Waals surface area (Å²) in [6.07, 6.45) is 16.2. The Morgan fingerprint density at radius 3 is 2.03 bits per heavy atom. The van der Waals surface area contributed by atoms with Crippen molar-refractivity contribution >= 4 is 0 Å². The average molecular weight is 443 g/mol. The molecule has 4 rings (SSSR count).